The van der Waals surface area contributed by atoms with Gasteiger partial charge < -0.3 is 11.5 Å². The highest BCUT2D eigenvalue weighted by Gasteiger charge is 2.35. The van der Waals surface area contributed by atoms with Crippen molar-refractivity contribution in [1.82, 2.24) is 0 Å². The predicted molar refractivity (Wildman–Crippen MR) is 175 cm³/mol. The number of nitrogens with two attached hydrogens (primary N) is 2. The lowest BCUT2D eigenvalue weighted by Crippen LogP contribution is -2.28. The zero-order valence-corrected chi connectivity index (χ0v) is 24.4. The van der Waals surface area contributed by atoms with Crippen molar-refractivity contribution in [2.75, 3.05) is 0 Å². The Kier molecular flexibility index (Phi) is 9.28. The molecule has 0 bridgehead atoms. The second-order valence-electron chi connectivity index (χ2n) is 11.2. The second-order valence-corrected chi connectivity index (χ2v) is 11.2. The first kappa shape index (κ1) is 28.7. The maximum absolute atomic E-state index is 6.88. The summed E-state index contributed by atoms with van der Waals surface area (Å²) in [5.74, 6) is 0.825. The molecular formula is C38H43N3. The average molecular weight is 542 g/mol. The summed E-state index contributed by atoms with van der Waals surface area (Å²) in [4.78, 5) is 5.20. The lowest BCUT2D eigenvalue weighted by Gasteiger charge is -2.37. The Labute approximate surface area is 246 Å². The Morgan fingerprint density at radius 2 is 1.83 bits per heavy atom. The van der Waals surface area contributed by atoms with Crippen molar-refractivity contribution in [2.45, 2.75) is 57.7 Å². The zero-order valence-electron chi connectivity index (χ0n) is 24.4. The molecule has 5 rings (SSSR count). The summed E-state index contributed by atoms with van der Waals surface area (Å²) in [6.07, 6.45) is 23.0. The molecule has 5 unspecified atom stereocenters. The lowest BCUT2D eigenvalue weighted by atomic mass is 9.67. The standard InChI is InChI=1S/C38H43N3/c1-4-7-15-26(5-2)38(40)41-36(25-27(6-3)37(39)28-16-9-8-10-17-28)29-22-23-34-32-20-12-11-18-30(32)31-19-13-14-21-33(31)35(34)24-29/h4-5,7-10,12-17,19-24,27,34-35,37-38H,1,6,11,18,25,39-40H2,2-3H3. The van der Waals surface area contributed by atoms with Gasteiger partial charge in [-0.2, -0.15) is 0 Å². The van der Waals surface area contributed by atoms with Crippen molar-refractivity contribution in [3.8, 4) is 0 Å². The molecule has 4 N–H and O–H groups in total. The van der Waals surface area contributed by atoms with Crippen LogP contribution in [-0.4, -0.2) is 11.9 Å². The van der Waals surface area contributed by atoms with E-state index in [1.165, 1.54) is 22.3 Å². The van der Waals surface area contributed by atoms with Gasteiger partial charge >= 0.3 is 0 Å². The molecule has 0 saturated heterocycles. The first-order valence-corrected chi connectivity index (χ1v) is 15.0. The minimum absolute atomic E-state index is 0.0825. The predicted octanol–water partition coefficient (Wildman–Crippen LogP) is 8.53. The third-order valence-corrected chi connectivity index (χ3v) is 8.84. The highest BCUT2D eigenvalue weighted by atomic mass is 14.9. The average Bonchev–Trinajstić information content (AvgIpc) is 3.03. The molecule has 2 aromatic carbocycles. The van der Waals surface area contributed by atoms with Crippen molar-refractivity contribution < 1.29 is 0 Å². The monoisotopic (exact) mass is 541 g/mol. The highest BCUT2D eigenvalue weighted by molar-refractivity contribution is 6.03. The minimum Gasteiger partial charge on any atom is -0.324 e. The molecule has 3 aliphatic carbocycles. The molecule has 210 valence electrons. The van der Waals surface area contributed by atoms with E-state index in [9.17, 15) is 0 Å². The molecule has 0 aliphatic heterocycles. The van der Waals surface area contributed by atoms with Crippen LogP contribution >= 0.6 is 0 Å². The van der Waals surface area contributed by atoms with Gasteiger partial charge in [-0.15, -0.1) is 0 Å². The van der Waals surface area contributed by atoms with E-state index in [0.717, 1.165) is 48.1 Å². The molecule has 3 heteroatoms. The van der Waals surface area contributed by atoms with Gasteiger partial charge in [0.25, 0.3) is 0 Å². The normalized spacial score (nSPS) is 22.5. The topological polar surface area (TPSA) is 64.4 Å². The van der Waals surface area contributed by atoms with Crippen LogP contribution < -0.4 is 11.5 Å². The SMILES string of the molecule is C=CC=CC(=CC)C(N)N=C(CC(CC)C(N)c1ccccc1)C1=CC2c3ccccc3C3=C(C=CCC3)C2C=C1. The molecule has 0 radical (unpaired) electrons. The number of hydrogen-bond acceptors (Lipinski definition) is 3. The van der Waals surface area contributed by atoms with Gasteiger partial charge in [0.1, 0.15) is 6.17 Å². The summed E-state index contributed by atoms with van der Waals surface area (Å²) in [7, 11) is 0. The van der Waals surface area contributed by atoms with Crippen LogP contribution in [0.25, 0.3) is 5.57 Å². The Bertz CT molecular complexity index is 1460. The molecule has 0 fully saturated rings. The van der Waals surface area contributed by atoms with E-state index >= 15 is 0 Å². The summed E-state index contributed by atoms with van der Waals surface area (Å²) in [6, 6.07) is 19.3. The number of benzene rings is 2. The fourth-order valence-corrected chi connectivity index (χ4v) is 6.55. The molecule has 5 atom stereocenters. The van der Waals surface area contributed by atoms with Crippen LogP contribution in [0.2, 0.25) is 0 Å². The maximum Gasteiger partial charge on any atom is 0.123 e. The summed E-state index contributed by atoms with van der Waals surface area (Å²) in [5, 5.41) is 0. The van der Waals surface area contributed by atoms with Crippen molar-refractivity contribution in [3.63, 3.8) is 0 Å². The Morgan fingerprint density at radius 1 is 1.05 bits per heavy atom. The third kappa shape index (κ3) is 6.12. The van der Waals surface area contributed by atoms with Gasteiger partial charge in [-0.25, -0.2) is 0 Å². The summed E-state index contributed by atoms with van der Waals surface area (Å²) in [5.41, 5.74) is 23.7. The van der Waals surface area contributed by atoms with Gasteiger partial charge in [-0.1, -0.05) is 129 Å². The van der Waals surface area contributed by atoms with E-state index in [2.05, 4.69) is 92.4 Å². The first-order chi connectivity index (χ1) is 20.0. The van der Waals surface area contributed by atoms with Gasteiger partial charge in [0, 0.05) is 23.6 Å². The summed E-state index contributed by atoms with van der Waals surface area (Å²) in [6.45, 7) is 8.04. The molecule has 0 heterocycles. The van der Waals surface area contributed by atoms with Crippen molar-refractivity contribution in [1.29, 1.82) is 0 Å². The summed E-state index contributed by atoms with van der Waals surface area (Å²) >= 11 is 0. The maximum atomic E-state index is 6.88. The number of rotatable bonds is 10. The van der Waals surface area contributed by atoms with E-state index in [-0.39, 0.29) is 17.9 Å². The molecule has 41 heavy (non-hydrogen) atoms. The number of fused-ring (bicyclic) bond motifs is 5. The Hall–Kier alpha value is -3.79. The van der Waals surface area contributed by atoms with Crippen LogP contribution in [0.15, 0.2) is 138 Å². The van der Waals surface area contributed by atoms with Crippen molar-refractivity contribution in [2.24, 2.45) is 28.3 Å². The Morgan fingerprint density at radius 3 is 2.59 bits per heavy atom. The van der Waals surface area contributed by atoms with E-state index in [0.29, 0.717) is 5.92 Å². The van der Waals surface area contributed by atoms with Crippen LogP contribution in [0.1, 0.15) is 68.2 Å². The molecule has 2 aromatic rings. The Balaban J connectivity index is 1.55. The van der Waals surface area contributed by atoms with Gasteiger partial charge in [0.15, 0.2) is 0 Å². The number of hydrogen-bond donors (Lipinski definition) is 2. The molecule has 0 saturated carbocycles. The van der Waals surface area contributed by atoms with Crippen molar-refractivity contribution in [3.05, 3.63) is 149 Å². The molecule has 0 aromatic heterocycles. The zero-order chi connectivity index (χ0) is 28.8. The highest BCUT2D eigenvalue weighted by Crippen LogP contribution is 2.49. The first-order valence-electron chi connectivity index (χ1n) is 15.0. The molecule has 0 amide bonds. The van der Waals surface area contributed by atoms with Crippen LogP contribution in [-0.2, 0) is 0 Å². The van der Waals surface area contributed by atoms with Gasteiger partial charge in [-0.3, -0.25) is 4.99 Å². The largest absolute Gasteiger partial charge is 0.324 e. The van der Waals surface area contributed by atoms with E-state index in [1.807, 2.05) is 31.2 Å². The van der Waals surface area contributed by atoms with Crippen LogP contribution in [0, 0.1) is 11.8 Å². The smallest absolute Gasteiger partial charge is 0.123 e. The van der Waals surface area contributed by atoms with Gasteiger partial charge in [0.2, 0.25) is 0 Å². The number of allylic oxidation sites excluding steroid dienone is 11. The number of nitrogens with zero attached hydrogens (tertiary/aromatic N) is 1. The van der Waals surface area contributed by atoms with Gasteiger partial charge in [-0.05, 0) is 71.1 Å². The molecular weight excluding hydrogens is 498 g/mol. The fraction of sp³-hybridized carbons (Fsp3) is 0.289. The van der Waals surface area contributed by atoms with E-state index < -0.39 is 6.17 Å². The van der Waals surface area contributed by atoms with E-state index in [1.54, 1.807) is 6.08 Å². The van der Waals surface area contributed by atoms with Crippen molar-refractivity contribution >= 4 is 11.3 Å². The van der Waals surface area contributed by atoms with Gasteiger partial charge in [0.05, 0.1) is 0 Å². The lowest BCUT2D eigenvalue weighted by molar-refractivity contribution is 0.431. The third-order valence-electron chi connectivity index (χ3n) is 8.84. The molecule has 3 aliphatic rings. The van der Waals surface area contributed by atoms with E-state index in [4.69, 9.17) is 16.5 Å². The summed E-state index contributed by atoms with van der Waals surface area (Å²) < 4.78 is 0. The minimum atomic E-state index is -0.474. The molecule has 3 nitrogen and oxygen atoms in total. The van der Waals surface area contributed by atoms with Crippen LogP contribution in [0.4, 0.5) is 0 Å². The fourth-order valence-electron chi connectivity index (χ4n) is 6.55. The van der Waals surface area contributed by atoms with Crippen LogP contribution in [0.5, 0.6) is 0 Å². The second kappa shape index (κ2) is 13.2. The molecule has 0 spiro atoms. The number of aliphatic imine (C=N–C) groups is 1. The van der Waals surface area contributed by atoms with Crippen LogP contribution in [0.3, 0.4) is 0 Å². The quantitative estimate of drug-likeness (QED) is 0.234.